The molecule has 2 heterocycles. The molecule has 2 aliphatic rings. The van der Waals surface area contributed by atoms with E-state index < -0.39 is 11.6 Å². The Morgan fingerprint density at radius 1 is 1.17 bits per heavy atom. The van der Waals surface area contributed by atoms with Crippen LogP contribution in [0.1, 0.15) is 45.5 Å². The number of hydrogen-bond acceptors (Lipinski definition) is 5. The summed E-state index contributed by atoms with van der Waals surface area (Å²) in [7, 11) is 0. The minimum atomic E-state index is -0.659. The zero-order chi connectivity index (χ0) is 20.3. The van der Waals surface area contributed by atoms with Gasteiger partial charge in [0.05, 0.1) is 18.2 Å². The van der Waals surface area contributed by atoms with Crippen LogP contribution < -0.4 is 10.9 Å². The fourth-order valence-electron chi connectivity index (χ4n) is 4.12. The van der Waals surface area contributed by atoms with Crippen molar-refractivity contribution < 1.29 is 19.1 Å². The van der Waals surface area contributed by atoms with E-state index in [9.17, 15) is 14.4 Å². The van der Waals surface area contributed by atoms with Crippen LogP contribution in [0.3, 0.4) is 0 Å². The van der Waals surface area contributed by atoms with Gasteiger partial charge in [-0.1, -0.05) is 48.5 Å². The predicted octanol–water partition coefficient (Wildman–Crippen LogP) is 2.68. The summed E-state index contributed by atoms with van der Waals surface area (Å²) in [5.41, 5.74) is 6.97. The summed E-state index contributed by atoms with van der Waals surface area (Å²) in [4.78, 5) is 37.7. The number of nitrogens with one attached hydrogen (secondary N) is 2. The zero-order valence-electron chi connectivity index (χ0n) is 16.0. The number of amides is 2. The number of aryl methyl sites for hydroxylation is 1. The number of ether oxygens (including phenoxy) is 1. The molecule has 2 aliphatic heterocycles. The van der Waals surface area contributed by atoms with E-state index in [1.165, 1.54) is 5.56 Å². The highest BCUT2D eigenvalue weighted by molar-refractivity contribution is 6.01. The standard InChI is InChI=1S/C22H23N3O4/c26-15-17-10-4-5-11-18(17)20(27)23-24-22(19-12-14-29-21(28)25(19)22)13-6-9-16-7-2-1-3-8-16/h1-5,7-8,10-11,15,19,24H,6,9,12-14H2,(H,23,27)/t19-,22-,25?/m0/s1. The van der Waals surface area contributed by atoms with Gasteiger partial charge in [-0.05, 0) is 30.9 Å². The summed E-state index contributed by atoms with van der Waals surface area (Å²) < 4.78 is 5.17. The van der Waals surface area contributed by atoms with Crippen LogP contribution in [0.5, 0.6) is 0 Å². The van der Waals surface area contributed by atoms with E-state index in [1.54, 1.807) is 29.2 Å². The van der Waals surface area contributed by atoms with Crippen LogP contribution in [0.4, 0.5) is 4.79 Å². The zero-order valence-corrected chi connectivity index (χ0v) is 16.0. The molecule has 0 radical (unpaired) electrons. The second kappa shape index (κ2) is 8.05. The van der Waals surface area contributed by atoms with Crippen molar-refractivity contribution in [1.82, 2.24) is 15.8 Å². The smallest absolute Gasteiger partial charge is 0.411 e. The lowest BCUT2D eigenvalue weighted by molar-refractivity contribution is 0.0886. The molecule has 0 bridgehead atoms. The summed E-state index contributed by atoms with van der Waals surface area (Å²) in [6, 6.07) is 16.7. The Kier molecular flexibility index (Phi) is 5.31. The summed E-state index contributed by atoms with van der Waals surface area (Å²) in [5.74, 6) is -0.409. The normalized spacial score (nSPS) is 22.4. The number of rotatable bonds is 8. The molecule has 0 unspecified atom stereocenters. The molecular formula is C22H23N3O4. The molecule has 2 saturated heterocycles. The van der Waals surface area contributed by atoms with Crippen LogP contribution in [0.2, 0.25) is 0 Å². The number of hydrogen-bond donors (Lipinski definition) is 2. The van der Waals surface area contributed by atoms with Gasteiger partial charge in [0.2, 0.25) is 0 Å². The molecule has 2 fully saturated rings. The quantitative estimate of drug-likeness (QED) is 0.409. The Morgan fingerprint density at radius 3 is 2.69 bits per heavy atom. The molecule has 2 N–H and O–H groups in total. The number of hydrazine groups is 1. The third-order valence-electron chi connectivity index (χ3n) is 5.63. The molecule has 150 valence electrons. The maximum absolute atomic E-state index is 12.6. The SMILES string of the molecule is O=Cc1ccccc1C(=O)NN[C@]1(CCCc2ccccc2)[C@@H]2CCOC(=O)N21. The van der Waals surface area contributed by atoms with Crippen molar-refractivity contribution in [1.29, 1.82) is 0 Å². The average Bonchev–Trinajstić information content (AvgIpc) is 3.41. The number of benzene rings is 2. The van der Waals surface area contributed by atoms with Crippen molar-refractivity contribution >= 4 is 18.3 Å². The summed E-state index contributed by atoms with van der Waals surface area (Å²) in [6.07, 6.45) is 3.40. The number of cyclic esters (lactones) is 1. The van der Waals surface area contributed by atoms with Crippen LogP contribution in [-0.4, -0.2) is 41.5 Å². The molecule has 2 amide bonds. The van der Waals surface area contributed by atoms with E-state index in [-0.39, 0.29) is 17.7 Å². The van der Waals surface area contributed by atoms with Gasteiger partial charge in [0, 0.05) is 12.0 Å². The Morgan fingerprint density at radius 2 is 1.93 bits per heavy atom. The van der Waals surface area contributed by atoms with E-state index in [0.717, 1.165) is 12.8 Å². The van der Waals surface area contributed by atoms with Gasteiger partial charge >= 0.3 is 6.09 Å². The fourth-order valence-corrected chi connectivity index (χ4v) is 4.12. The van der Waals surface area contributed by atoms with E-state index >= 15 is 0 Å². The number of fused-ring (bicyclic) bond motifs is 1. The van der Waals surface area contributed by atoms with Gasteiger partial charge in [-0.2, -0.15) is 0 Å². The first kappa shape index (κ1) is 19.1. The number of nitrogens with zero attached hydrogens (tertiary/aromatic N) is 1. The van der Waals surface area contributed by atoms with E-state index in [0.29, 0.717) is 31.3 Å². The highest BCUT2D eigenvalue weighted by Crippen LogP contribution is 2.47. The van der Waals surface area contributed by atoms with Crippen molar-refractivity contribution in [2.45, 2.75) is 37.4 Å². The first-order valence-electron chi connectivity index (χ1n) is 9.77. The first-order chi connectivity index (χ1) is 14.2. The van der Waals surface area contributed by atoms with Crippen LogP contribution >= 0.6 is 0 Å². The molecule has 0 aliphatic carbocycles. The van der Waals surface area contributed by atoms with Gasteiger partial charge in [-0.25, -0.2) is 10.2 Å². The van der Waals surface area contributed by atoms with Crippen molar-refractivity contribution in [2.24, 2.45) is 0 Å². The molecule has 0 saturated carbocycles. The van der Waals surface area contributed by atoms with Gasteiger partial charge < -0.3 is 4.74 Å². The van der Waals surface area contributed by atoms with Gasteiger partial charge in [0.25, 0.3) is 5.91 Å². The molecule has 29 heavy (non-hydrogen) atoms. The molecule has 4 rings (SSSR count). The molecular weight excluding hydrogens is 370 g/mol. The Bertz CT molecular complexity index is 917. The summed E-state index contributed by atoms with van der Waals surface area (Å²) in [5, 5.41) is 0. The van der Waals surface area contributed by atoms with Crippen LogP contribution in [0.25, 0.3) is 0 Å². The average molecular weight is 393 g/mol. The fraction of sp³-hybridized carbons (Fsp3) is 0.318. The number of carbonyl (C=O) groups excluding carboxylic acids is 3. The largest absolute Gasteiger partial charge is 0.449 e. The Hall–Kier alpha value is -3.19. The van der Waals surface area contributed by atoms with Crippen LogP contribution in [0.15, 0.2) is 54.6 Å². The third kappa shape index (κ3) is 3.73. The molecule has 7 nitrogen and oxygen atoms in total. The highest BCUT2D eigenvalue weighted by Gasteiger charge is 2.67. The number of aldehydes is 1. The summed E-state index contributed by atoms with van der Waals surface area (Å²) in [6.45, 7) is 0.379. The van der Waals surface area contributed by atoms with Crippen LogP contribution in [-0.2, 0) is 11.2 Å². The van der Waals surface area contributed by atoms with Gasteiger partial charge in [0.15, 0.2) is 6.29 Å². The molecule has 2 atom stereocenters. The molecule has 7 heteroatoms. The van der Waals surface area contributed by atoms with Gasteiger partial charge in [-0.3, -0.25) is 19.9 Å². The Balaban J connectivity index is 1.44. The second-order valence-electron chi connectivity index (χ2n) is 7.34. The second-order valence-corrected chi connectivity index (χ2v) is 7.34. The van der Waals surface area contributed by atoms with Crippen LogP contribution in [0, 0.1) is 0 Å². The van der Waals surface area contributed by atoms with Crippen molar-refractivity contribution in [3.63, 3.8) is 0 Å². The van der Waals surface area contributed by atoms with Crippen molar-refractivity contribution in [2.75, 3.05) is 6.61 Å². The highest BCUT2D eigenvalue weighted by atomic mass is 16.6. The van der Waals surface area contributed by atoms with E-state index in [4.69, 9.17) is 4.74 Å². The molecule has 0 aromatic heterocycles. The monoisotopic (exact) mass is 393 g/mol. The van der Waals surface area contributed by atoms with E-state index in [2.05, 4.69) is 23.0 Å². The predicted molar refractivity (Wildman–Crippen MR) is 106 cm³/mol. The van der Waals surface area contributed by atoms with Gasteiger partial charge in [0.1, 0.15) is 5.66 Å². The lowest BCUT2D eigenvalue weighted by Crippen LogP contribution is -2.50. The molecule has 2 aromatic rings. The maximum Gasteiger partial charge on any atom is 0.411 e. The lowest BCUT2D eigenvalue weighted by atomic mass is 10.0. The van der Waals surface area contributed by atoms with Gasteiger partial charge in [-0.15, -0.1) is 0 Å². The van der Waals surface area contributed by atoms with E-state index in [1.807, 2.05) is 18.2 Å². The first-order valence-corrected chi connectivity index (χ1v) is 9.77. The minimum Gasteiger partial charge on any atom is -0.449 e. The molecule has 0 spiro atoms. The maximum atomic E-state index is 12.6. The minimum absolute atomic E-state index is 0.0128. The van der Waals surface area contributed by atoms with Crippen molar-refractivity contribution in [3.05, 3.63) is 71.3 Å². The lowest BCUT2D eigenvalue weighted by Gasteiger charge is -2.19. The Labute approximate surface area is 169 Å². The topological polar surface area (TPSA) is 87.5 Å². The number of carbonyl (C=O) groups is 3. The summed E-state index contributed by atoms with van der Waals surface area (Å²) >= 11 is 0. The van der Waals surface area contributed by atoms with Crippen molar-refractivity contribution in [3.8, 4) is 0 Å². The molecule has 2 aromatic carbocycles. The third-order valence-corrected chi connectivity index (χ3v) is 5.63.